The normalized spacial score (nSPS) is 12.1. The Labute approximate surface area is 250 Å². The summed E-state index contributed by atoms with van der Waals surface area (Å²) in [5.74, 6) is -0.969. The monoisotopic (exact) mass is 590 g/mol. The lowest BCUT2D eigenvalue weighted by Gasteiger charge is -2.15. The van der Waals surface area contributed by atoms with E-state index in [1.807, 2.05) is 67.6 Å². The van der Waals surface area contributed by atoms with E-state index in [1.54, 1.807) is 6.92 Å². The molecule has 0 amide bonds. The fraction of sp³-hybridized carbons (Fsp3) is 0.531. The number of aliphatic carboxylic acids is 1. The smallest absolute Gasteiger partial charge is 0.323 e. The summed E-state index contributed by atoms with van der Waals surface area (Å²) in [6, 6.07) is 19.6. The first-order chi connectivity index (χ1) is 18.9. The number of unbranched alkanes of at least 4 members (excludes halogenated alkanes) is 9. The van der Waals surface area contributed by atoms with Gasteiger partial charge in [-0.3, -0.25) is 9.59 Å². The van der Waals surface area contributed by atoms with Crippen molar-refractivity contribution < 1.29 is 19.4 Å². The van der Waals surface area contributed by atoms with Crippen LogP contribution in [0.1, 0.15) is 102 Å². The number of carboxylic acids is 1. The molecule has 0 aliphatic heterocycles. The molecule has 0 aliphatic rings. The molecule has 1 N–H and O–H groups in total. The van der Waals surface area contributed by atoms with Gasteiger partial charge in [-0.05, 0) is 44.4 Å². The molecule has 0 aliphatic carbocycles. The third-order valence-electron chi connectivity index (χ3n) is 5.99. The molecule has 0 bridgehead atoms. The molecular formula is C32H46O4S3. The summed E-state index contributed by atoms with van der Waals surface area (Å²) in [6.07, 6.45) is 14.0. The minimum absolute atomic E-state index is 0.192. The van der Waals surface area contributed by atoms with Crippen molar-refractivity contribution in [1.82, 2.24) is 0 Å². The van der Waals surface area contributed by atoms with Crippen LogP contribution >= 0.6 is 35.7 Å². The van der Waals surface area contributed by atoms with Crippen LogP contribution in [-0.2, 0) is 14.3 Å². The van der Waals surface area contributed by atoms with Crippen LogP contribution in [0.4, 0.5) is 0 Å². The van der Waals surface area contributed by atoms with Gasteiger partial charge in [-0.25, -0.2) is 0 Å². The Balaban J connectivity index is 0.000000390. The second-order valence-electron chi connectivity index (χ2n) is 9.38. The van der Waals surface area contributed by atoms with E-state index in [4.69, 9.17) is 22.1 Å². The topological polar surface area (TPSA) is 63.6 Å². The van der Waals surface area contributed by atoms with Crippen LogP contribution in [0.2, 0.25) is 0 Å². The van der Waals surface area contributed by atoms with Crippen molar-refractivity contribution in [1.29, 1.82) is 0 Å². The molecule has 0 saturated heterocycles. The van der Waals surface area contributed by atoms with E-state index in [1.165, 1.54) is 81.3 Å². The van der Waals surface area contributed by atoms with E-state index in [0.29, 0.717) is 6.61 Å². The quantitative estimate of drug-likeness (QED) is 0.0802. The van der Waals surface area contributed by atoms with Gasteiger partial charge in [-0.2, -0.15) is 0 Å². The summed E-state index contributed by atoms with van der Waals surface area (Å²) in [5.41, 5.74) is 0.967. The summed E-state index contributed by atoms with van der Waals surface area (Å²) in [7, 11) is 0. The lowest BCUT2D eigenvalue weighted by molar-refractivity contribution is -0.142. The van der Waals surface area contributed by atoms with Crippen molar-refractivity contribution in [2.45, 2.75) is 107 Å². The zero-order valence-corrected chi connectivity index (χ0v) is 26.3. The van der Waals surface area contributed by atoms with Crippen molar-refractivity contribution in [2.75, 3.05) is 6.61 Å². The average molecular weight is 591 g/mol. The van der Waals surface area contributed by atoms with Gasteiger partial charge in [0.05, 0.1) is 6.61 Å². The highest BCUT2D eigenvalue weighted by Gasteiger charge is 2.23. The van der Waals surface area contributed by atoms with Gasteiger partial charge in [-0.1, -0.05) is 125 Å². The number of carboxylic acid groups (broad SMARTS) is 1. The fourth-order valence-electron chi connectivity index (χ4n) is 3.80. The average Bonchev–Trinajstić information content (AvgIpc) is 2.94. The van der Waals surface area contributed by atoms with Crippen molar-refractivity contribution in [2.24, 2.45) is 0 Å². The van der Waals surface area contributed by atoms with Crippen molar-refractivity contribution in [3.63, 3.8) is 0 Å². The number of hydrogen-bond donors (Lipinski definition) is 1. The van der Waals surface area contributed by atoms with Crippen LogP contribution in [0.25, 0.3) is 0 Å². The number of rotatable bonds is 18. The molecule has 39 heavy (non-hydrogen) atoms. The maximum Gasteiger partial charge on any atom is 0.323 e. The van der Waals surface area contributed by atoms with Crippen LogP contribution in [0.5, 0.6) is 0 Å². The minimum atomic E-state index is -0.777. The highest BCUT2D eigenvalue weighted by molar-refractivity contribution is 8.23. The van der Waals surface area contributed by atoms with Crippen LogP contribution in [0.15, 0.2) is 65.6 Å². The number of thiocarbonyl (C=S) groups is 1. The molecule has 0 spiro atoms. The molecule has 0 fully saturated rings. The molecule has 0 radical (unpaired) electrons. The summed E-state index contributed by atoms with van der Waals surface area (Å²) < 4.78 is 6.02. The molecule has 0 aromatic heterocycles. The Kier molecular flexibility index (Phi) is 20.7. The molecule has 0 saturated carbocycles. The van der Waals surface area contributed by atoms with Gasteiger partial charge in [-0.15, -0.1) is 23.5 Å². The number of carbonyl (C=O) groups excluding carboxylic acids is 1. The van der Waals surface area contributed by atoms with Crippen LogP contribution in [-0.4, -0.2) is 33.1 Å². The maximum absolute atomic E-state index is 12.1. The Morgan fingerprint density at radius 3 is 1.85 bits per heavy atom. The van der Waals surface area contributed by atoms with E-state index < -0.39 is 11.2 Å². The van der Waals surface area contributed by atoms with Gasteiger partial charge in [0.25, 0.3) is 0 Å². The first kappa shape index (κ1) is 35.2. The first-order valence-electron chi connectivity index (χ1n) is 14.2. The summed E-state index contributed by atoms with van der Waals surface area (Å²) >= 11 is 8.04. The molecule has 2 rings (SSSR count). The number of ether oxygens (including phenoxy) is 1. The second-order valence-corrected chi connectivity index (χ2v) is 12.7. The van der Waals surface area contributed by atoms with E-state index in [-0.39, 0.29) is 11.2 Å². The van der Waals surface area contributed by atoms with Crippen molar-refractivity contribution in [3.05, 3.63) is 66.2 Å². The molecule has 4 nitrogen and oxygen atoms in total. The number of benzene rings is 2. The third kappa shape index (κ3) is 17.5. The summed E-state index contributed by atoms with van der Waals surface area (Å²) in [6.45, 7) is 6.17. The molecule has 2 unspecified atom stereocenters. The van der Waals surface area contributed by atoms with Gasteiger partial charge < -0.3 is 9.84 Å². The molecule has 2 aromatic rings. The number of carbonyl (C=O) groups is 2. The van der Waals surface area contributed by atoms with Crippen molar-refractivity contribution in [3.8, 4) is 0 Å². The Morgan fingerprint density at radius 1 is 0.821 bits per heavy atom. The molecule has 2 atom stereocenters. The largest absolute Gasteiger partial charge is 0.480 e. The highest BCUT2D eigenvalue weighted by Crippen LogP contribution is 2.36. The van der Waals surface area contributed by atoms with Crippen LogP contribution in [0.3, 0.4) is 0 Å². The zero-order chi connectivity index (χ0) is 28.7. The van der Waals surface area contributed by atoms with Gasteiger partial charge in [0.2, 0.25) is 0 Å². The molecular weight excluding hydrogens is 545 g/mol. The van der Waals surface area contributed by atoms with Crippen molar-refractivity contribution >= 4 is 51.9 Å². The van der Waals surface area contributed by atoms with Gasteiger partial charge in [0.15, 0.2) is 0 Å². The standard InChI is InChI=1S/C16H30O2S2.C16H16O2S/c1-3-4-5-6-7-8-9-10-11-12-13-15(19)20-14(2)16(17)18;1-2-18-16(17)15(13-9-5-3-6-10-13)19-14-11-7-4-8-12-14/h14H,3-13H2,1-2H3,(H,17,18);3-12,15H,2H2,1H3. The fourth-order valence-corrected chi connectivity index (χ4v) is 6.18. The van der Waals surface area contributed by atoms with Gasteiger partial charge in [0.1, 0.15) is 10.5 Å². The van der Waals surface area contributed by atoms with E-state index in [9.17, 15) is 9.59 Å². The maximum atomic E-state index is 12.1. The molecule has 2 aromatic carbocycles. The summed E-state index contributed by atoms with van der Waals surface area (Å²) in [5, 5.41) is 8.07. The van der Waals surface area contributed by atoms with E-state index in [0.717, 1.165) is 27.5 Å². The van der Waals surface area contributed by atoms with Gasteiger partial charge in [0, 0.05) is 9.09 Å². The lowest BCUT2D eigenvalue weighted by atomic mass is 10.1. The molecule has 0 heterocycles. The highest BCUT2D eigenvalue weighted by atomic mass is 32.2. The predicted molar refractivity (Wildman–Crippen MR) is 172 cm³/mol. The number of thioether (sulfide) groups is 2. The van der Waals surface area contributed by atoms with Gasteiger partial charge >= 0.3 is 11.9 Å². The summed E-state index contributed by atoms with van der Waals surface area (Å²) in [4.78, 5) is 23.9. The number of hydrogen-bond acceptors (Lipinski definition) is 6. The van der Waals surface area contributed by atoms with Crippen LogP contribution < -0.4 is 0 Å². The number of esters is 1. The second kappa shape index (κ2) is 22.9. The van der Waals surface area contributed by atoms with E-state index >= 15 is 0 Å². The third-order valence-corrected chi connectivity index (χ3v) is 8.75. The Hall–Kier alpha value is -1.83. The van der Waals surface area contributed by atoms with E-state index in [2.05, 4.69) is 6.92 Å². The molecule has 7 heteroatoms. The Bertz CT molecular complexity index is 922. The zero-order valence-electron chi connectivity index (χ0n) is 23.8. The predicted octanol–water partition coefficient (Wildman–Crippen LogP) is 9.91. The minimum Gasteiger partial charge on any atom is -0.480 e. The molecule has 216 valence electrons. The lowest BCUT2D eigenvalue weighted by Crippen LogP contribution is -2.13. The SMILES string of the molecule is CCCCCCCCCCCCC(=S)SC(C)C(=O)O.CCOC(=O)C(Sc1ccccc1)c1ccccc1. The first-order valence-corrected chi connectivity index (χ1v) is 16.4. The Morgan fingerprint density at radius 2 is 1.33 bits per heavy atom. The van der Waals surface area contributed by atoms with Crippen LogP contribution in [0, 0.1) is 0 Å².